The van der Waals surface area contributed by atoms with Crippen LogP contribution in [0, 0.1) is 0 Å². The number of rotatable bonds is 10. The van der Waals surface area contributed by atoms with Crippen LogP contribution in [0.25, 0.3) is 67.1 Å². The summed E-state index contributed by atoms with van der Waals surface area (Å²) in [6.45, 7) is 2.05. The van der Waals surface area contributed by atoms with E-state index < -0.39 is 0 Å². The van der Waals surface area contributed by atoms with Crippen LogP contribution < -0.4 is 11.5 Å². The van der Waals surface area contributed by atoms with Crippen molar-refractivity contribution in [2.75, 3.05) is 0 Å². The van der Waals surface area contributed by atoms with Crippen molar-refractivity contribution in [2.45, 2.75) is 25.8 Å². The smallest absolute Gasteiger partial charge is 0.135 e. The van der Waals surface area contributed by atoms with Crippen molar-refractivity contribution >= 4 is 33.7 Å². The fourth-order valence-electron chi connectivity index (χ4n) is 6.26. The van der Waals surface area contributed by atoms with Crippen LogP contribution in [0.3, 0.4) is 0 Å². The third-order valence-electron chi connectivity index (χ3n) is 9.09. The third-order valence-corrected chi connectivity index (χ3v) is 9.09. The average Bonchev–Trinajstić information content (AvgIpc) is 3.53. The zero-order chi connectivity index (χ0) is 33.6. The Morgan fingerprint density at radius 2 is 1.12 bits per heavy atom. The number of hydrogen-bond acceptors (Lipinski definition) is 3. The van der Waals surface area contributed by atoms with E-state index in [0.29, 0.717) is 5.70 Å². The average molecular weight is 637 g/mol. The Kier molecular flexibility index (Phi) is 9.36. The minimum Gasteiger partial charge on any atom is -0.456 e. The summed E-state index contributed by atoms with van der Waals surface area (Å²) in [7, 11) is 0. The van der Waals surface area contributed by atoms with Gasteiger partial charge in [-0.1, -0.05) is 146 Å². The van der Waals surface area contributed by atoms with Gasteiger partial charge in [-0.15, -0.1) is 0 Å². The highest BCUT2D eigenvalue weighted by atomic mass is 16.3. The molecule has 49 heavy (non-hydrogen) atoms. The van der Waals surface area contributed by atoms with Crippen LogP contribution in [0.15, 0.2) is 168 Å². The summed E-state index contributed by atoms with van der Waals surface area (Å²) < 4.78 is 6.01. The molecule has 7 aromatic rings. The summed E-state index contributed by atoms with van der Waals surface area (Å²) >= 11 is 0. The number of benzene rings is 6. The maximum atomic E-state index is 6.55. The Morgan fingerprint density at radius 1 is 0.592 bits per heavy atom. The molecule has 0 amide bonds. The first-order chi connectivity index (χ1) is 24.1. The molecule has 1 aromatic heterocycles. The lowest BCUT2D eigenvalue weighted by atomic mass is 9.96. The fourth-order valence-corrected chi connectivity index (χ4v) is 6.26. The molecule has 3 heteroatoms. The summed E-state index contributed by atoms with van der Waals surface area (Å²) in [5, 5.41) is 2.29. The number of fused-ring (bicyclic) bond motifs is 3. The second-order valence-electron chi connectivity index (χ2n) is 12.4. The molecule has 0 saturated carbocycles. The van der Waals surface area contributed by atoms with E-state index >= 15 is 0 Å². The monoisotopic (exact) mass is 636 g/mol. The van der Waals surface area contributed by atoms with Crippen LogP contribution in [0.5, 0.6) is 0 Å². The first kappa shape index (κ1) is 31.7. The molecule has 0 aliphatic heterocycles. The predicted molar refractivity (Wildman–Crippen MR) is 209 cm³/mol. The van der Waals surface area contributed by atoms with Gasteiger partial charge >= 0.3 is 0 Å². The summed E-state index contributed by atoms with van der Waals surface area (Å²) in [5.74, 6) is 0. The van der Waals surface area contributed by atoms with Gasteiger partial charge in [0.1, 0.15) is 11.2 Å². The molecule has 4 N–H and O–H groups in total. The summed E-state index contributed by atoms with van der Waals surface area (Å²) in [6, 6.07) is 48.5. The zero-order valence-corrected chi connectivity index (χ0v) is 27.7. The number of furan rings is 1. The molecule has 0 bridgehead atoms. The predicted octanol–water partition coefficient (Wildman–Crippen LogP) is 12.0. The van der Waals surface area contributed by atoms with Crippen LogP contribution >= 0.6 is 0 Å². The maximum absolute atomic E-state index is 6.55. The minimum atomic E-state index is -0.300. The minimum absolute atomic E-state index is 0.300. The van der Waals surface area contributed by atoms with Crippen LogP contribution in [0.4, 0.5) is 0 Å². The molecule has 1 unspecified atom stereocenters. The second kappa shape index (κ2) is 14.5. The Morgan fingerprint density at radius 3 is 1.76 bits per heavy atom. The topological polar surface area (TPSA) is 65.2 Å². The summed E-state index contributed by atoms with van der Waals surface area (Å²) in [5.41, 5.74) is 25.7. The van der Waals surface area contributed by atoms with E-state index in [1.165, 1.54) is 22.3 Å². The number of allylic oxidation sites excluding steroid dienone is 3. The van der Waals surface area contributed by atoms with Gasteiger partial charge in [-0.2, -0.15) is 0 Å². The third kappa shape index (κ3) is 7.18. The lowest BCUT2D eigenvalue weighted by Gasteiger charge is -2.11. The van der Waals surface area contributed by atoms with Crippen LogP contribution in [0.1, 0.15) is 42.5 Å². The number of unbranched alkanes of at least 4 members (excludes halogenated alkanes) is 1. The molecule has 1 heterocycles. The van der Waals surface area contributed by atoms with E-state index in [1.54, 1.807) is 0 Å². The molecule has 0 radical (unpaired) electrons. The van der Waals surface area contributed by atoms with Gasteiger partial charge in [-0.3, -0.25) is 0 Å². The number of nitrogens with two attached hydrogens (primary N) is 2. The van der Waals surface area contributed by atoms with Gasteiger partial charge in [0, 0.05) is 16.5 Å². The summed E-state index contributed by atoms with van der Waals surface area (Å²) in [6.07, 6.45) is 12.6. The molecule has 7 rings (SSSR count). The van der Waals surface area contributed by atoms with Crippen molar-refractivity contribution in [3.8, 4) is 33.4 Å². The van der Waals surface area contributed by atoms with Crippen molar-refractivity contribution in [1.29, 1.82) is 0 Å². The van der Waals surface area contributed by atoms with E-state index in [-0.39, 0.29) is 6.04 Å². The molecule has 1 atom stereocenters. The SMILES string of the molecule is C/C=C\CC/C=C/c1ccc(/C(N)=C/C(N)c2ccc(-c3ccc(-c4ccc(-c5ccc6oc7ccccc7c6c5)cc4)cc3)cc2)cc1. The summed E-state index contributed by atoms with van der Waals surface area (Å²) in [4.78, 5) is 0. The van der Waals surface area contributed by atoms with Gasteiger partial charge in [0.05, 0.1) is 6.04 Å². The molecule has 6 aromatic carbocycles. The highest BCUT2D eigenvalue weighted by Gasteiger charge is 2.10. The van der Waals surface area contributed by atoms with Gasteiger partial charge in [-0.05, 0) is 94.1 Å². The molecule has 240 valence electrons. The normalized spacial score (nSPS) is 12.8. The van der Waals surface area contributed by atoms with Crippen molar-refractivity contribution in [1.82, 2.24) is 0 Å². The molecule has 0 saturated heterocycles. The zero-order valence-electron chi connectivity index (χ0n) is 27.7. The van der Waals surface area contributed by atoms with Gasteiger partial charge < -0.3 is 15.9 Å². The van der Waals surface area contributed by atoms with Gasteiger partial charge in [0.15, 0.2) is 0 Å². The number of para-hydroxylation sites is 1. The quantitative estimate of drug-likeness (QED) is 0.116. The Labute approximate surface area is 288 Å². The Bertz CT molecular complexity index is 2270. The molecule has 0 spiro atoms. The lowest BCUT2D eigenvalue weighted by molar-refractivity contribution is 0.669. The van der Waals surface area contributed by atoms with Crippen molar-refractivity contribution in [3.05, 3.63) is 181 Å². The Balaban J connectivity index is 0.993. The molecule has 3 nitrogen and oxygen atoms in total. The van der Waals surface area contributed by atoms with E-state index in [1.807, 2.05) is 25.1 Å². The fraction of sp³-hybridized carbons (Fsp3) is 0.0870. The molecule has 0 fully saturated rings. The Hall–Kier alpha value is -5.90. The molecule has 0 aliphatic carbocycles. The van der Waals surface area contributed by atoms with E-state index in [9.17, 15) is 0 Å². The number of hydrogen-bond donors (Lipinski definition) is 2. The van der Waals surface area contributed by atoms with Crippen molar-refractivity contribution in [3.63, 3.8) is 0 Å². The standard InChI is InChI=1S/C46H40N2O/c1-2-3-4-5-6-9-32-12-14-38(15-13-32)43(47)31-44(48)39-26-24-36(25-27-39)34-18-16-33(17-19-34)35-20-22-37(23-21-35)40-28-29-46-42(30-40)41-10-7-8-11-45(41)49-46/h2-3,6-31,44H,4-5,47-48H2,1H3/b3-2-,9-6+,43-31-. The van der Waals surface area contributed by atoms with Gasteiger partial charge in [-0.25, -0.2) is 0 Å². The molecular formula is C46H40N2O. The first-order valence-electron chi connectivity index (χ1n) is 16.9. The molecular weight excluding hydrogens is 597 g/mol. The van der Waals surface area contributed by atoms with Gasteiger partial charge in [0.2, 0.25) is 0 Å². The van der Waals surface area contributed by atoms with E-state index in [0.717, 1.165) is 62.6 Å². The van der Waals surface area contributed by atoms with Crippen molar-refractivity contribution < 1.29 is 4.42 Å². The largest absolute Gasteiger partial charge is 0.456 e. The maximum Gasteiger partial charge on any atom is 0.135 e. The van der Waals surface area contributed by atoms with E-state index in [4.69, 9.17) is 15.9 Å². The molecule has 0 aliphatic rings. The highest BCUT2D eigenvalue weighted by molar-refractivity contribution is 6.06. The van der Waals surface area contributed by atoms with Gasteiger partial charge in [0.25, 0.3) is 0 Å². The van der Waals surface area contributed by atoms with Crippen LogP contribution in [-0.4, -0.2) is 0 Å². The second-order valence-corrected chi connectivity index (χ2v) is 12.4. The highest BCUT2D eigenvalue weighted by Crippen LogP contribution is 2.33. The lowest BCUT2D eigenvalue weighted by Crippen LogP contribution is -2.10. The first-order valence-corrected chi connectivity index (χ1v) is 16.9. The van der Waals surface area contributed by atoms with E-state index in [2.05, 4.69) is 152 Å². The van der Waals surface area contributed by atoms with Crippen LogP contribution in [-0.2, 0) is 0 Å². The van der Waals surface area contributed by atoms with Crippen molar-refractivity contribution in [2.24, 2.45) is 11.5 Å². The van der Waals surface area contributed by atoms with Crippen LogP contribution in [0.2, 0.25) is 0 Å².